The summed E-state index contributed by atoms with van der Waals surface area (Å²) in [5.41, 5.74) is 1.39. The Morgan fingerprint density at radius 1 is 1.50 bits per heavy atom. The van der Waals surface area contributed by atoms with E-state index >= 15 is 0 Å². The van der Waals surface area contributed by atoms with Gasteiger partial charge >= 0.3 is 0 Å². The molecule has 0 saturated heterocycles. The van der Waals surface area contributed by atoms with Crippen molar-refractivity contribution in [3.8, 4) is 0 Å². The molecule has 2 aliphatic rings. The molecule has 0 spiro atoms. The van der Waals surface area contributed by atoms with Crippen LogP contribution in [0.1, 0.15) is 25.7 Å². The van der Waals surface area contributed by atoms with Crippen molar-refractivity contribution in [2.75, 3.05) is 7.05 Å². The highest BCUT2D eigenvalue weighted by Gasteiger charge is 2.27. The number of allylic oxidation sites excluding steroid dienone is 1. The van der Waals surface area contributed by atoms with Gasteiger partial charge < -0.3 is 5.32 Å². The monoisotopic (exact) mass is 164 g/mol. The fourth-order valence-corrected chi connectivity index (χ4v) is 2.24. The van der Waals surface area contributed by atoms with Crippen molar-refractivity contribution in [1.29, 1.82) is 0 Å². The maximum Gasteiger partial charge on any atom is 0.0455 e. The first-order valence-corrected chi connectivity index (χ1v) is 4.81. The van der Waals surface area contributed by atoms with E-state index in [1.54, 1.807) is 0 Å². The second-order valence-corrected chi connectivity index (χ2v) is 3.64. The molecule has 0 radical (unpaired) electrons. The van der Waals surface area contributed by atoms with Crippen molar-refractivity contribution in [2.24, 2.45) is 10.9 Å². The van der Waals surface area contributed by atoms with Crippen LogP contribution in [0, 0.1) is 5.92 Å². The molecule has 12 heavy (non-hydrogen) atoms. The third-order valence-electron chi connectivity index (χ3n) is 2.92. The Balaban J connectivity index is 2.17. The summed E-state index contributed by atoms with van der Waals surface area (Å²) in [6, 6.07) is 0.550. The van der Waals surface area contributed by atoms with Gasteiger partial charge in [0.25, 0.3) is 0 Å². The Morgan fingerprint density at radius 2 is 2.42 bits per heavy atom. The summed E-state index contributed by atoms with van der Waals surface area (Å²) in [5.74, 6) is 0.737. The van der Waals surface area contributed by atoms with E-state index in [1.807, 2.05) is 13.2 Å². The fourth-order valence-electron chi connectivity index (χ4n) is 2.24. The van der Waals surface area contributed by atoms with Gasteiger partial charge in [0, 0.05) is 23.9 Å². The summed E-state index contributed by atoms with van der Waals surface area (Å²) in [4.78, 5) is 4.48. The summed E-state index contributed by atoms with van der Waals surface area (Å²) < 4.78 is 0. The maximum absolute atomic E-state index is 4.48. The molecule has 0 bridgehead atoms. The molecular weight excluding hydrogens is 148 g/mol. The smallest absolute Gasteiger partial charge is 0.0455 e. The van der Waals surface area contributed by atoms with Gasteiger partial charge in [0.15, 0.2) is 0 Å². The van der Waals surface area contributed by atoms with Gasteiger partial charge in [0.2, 0.25) is 0 Å². The van der Waals surface area contributed by atoms with E-state index in [2.05, 4.69) is 16.4 Å². The Hall–Kier alpha value is -0.630. The van der Waals surface area contributed by atoms with Gasteiger partial charge in [-0.25, -0.2) is 0 Å². The summed E-state index contributed by atoms with van der Waals surface area (Å²) in [7, 11) is 2.04. The minimum absolute atomic E-state index is 0.550. The number of hydrogen-bond donors (Lipinski definition) is 1. The number of nitrogens with zero attached hydrogens (tertiary/aromatic N) is 1. The molecule has 2 rings (SSSR count). The lowest BCUT2D eigenvalue weighted by Crippen LogP contribution is -2.41. The zero-order chi connectivity index (χ0) is 8.39. The first-order valence-electron chi connectivity index (χ1n) is 4.81. The lowest BCUT2D eigenvalue weighted by Gasteiger charge is -2.31. The molecule has 2 heteroatoms. The van der Waals surface area contributed by atoms with Crippen LogP contribution in [0.5, 0.6) is 0 Å². The van der Waals surface area contributed by atoms with Gasteiger partial charge in [0.05, 0.1) is 0 Å². The molecule has 1 fully saturated rings. The van der Waals surface area contributed by atoms with Gasteiger partial charge in [-0.3, -0.25) is 4.99 Å². The largest absolute Gasteiger partial charge is 0.312 e. The number of rotatable bonds is 1. The van der Waals surface area contributed by atoms with E-state index in [0.29, 0.717) is 6.04 Å². The quantitative estimate of drug-likeness (QED) is 0.627. The molecule has 66 valence electrons. The molecule has 2 nitrogen and oxygen atoms in total. The second kappa shape index (κ2) is 3.40. The zero-order valence-corrected chi connectivity index (χ0v) is 7.59. The molecule has 0 aromatic rings. The highest BCUT2D eigenvalue weighted by Crippen LogP contribution is 2.27. The van der Waals surface area contributed by atoms with Crippen LogP contribution in [0.15, 0.2) is 17.3 Å². The molecule has 1 heterocycles. The predicted molar refractivity (Wildman–Crippen MR) is 51.4 cm³/mol. The molecule has 0 aromatic carbocycles. The molecule has 1 aliphatic carbocycles. The maximum atomic E-state index is 4.48. The molecule has 1 saturated carbocycles. The standard InChI is InChI=1S/C10H16N2/c1-11-9-6-2-4-8-5-3-7-12-10(8)9/h3,7-9,11H,2,4-6H2,1H3/t8?,9-/m0/s1. The predicted octanol–water partition coefficient (Wildman–Crippen LogP) is 1.73. The fraction of sp³-hybridized carbons (Fsp3) is 0.700. The van der Waals surface area contributed by atoms with E-state index in [-0.39, 0.29) is 0 Å². The van der Waals surface area contributed by atoms with Crippen LogP contribution < -0.4 is 5.32 Å². The van der Waals surface area contributed by atoms with Crippen LogP contribution in [-0.2, 0) is 0 Å². The molecule has 0 aromatic heterocycles. The molecular formula is C10H16N2. The summed E-state index contributed by atoms with van der Waals surface area (Å²) in [6.07, 6.45) is 9.30. The molecule has 0 amide bonds. The van der Waals surface area contributed by atoms with Crippen molar-refractivity contribution in [1.82, 2.24) is 5.32 Å². The van der Waals surface area contributed by atoms with Crippen molar-refractivity contribution < 1.29 is 0 Å². The normalized spacial score (nSPS) is 34.2. The second-order valence-electron chi connectivity index (χ2n) is 3.64. The van der Waals surface area contributed by atoms with Gasteiger partial charge in [-0.15, -0.1) is 0 Å². The van der Waals surface area contributed by atoms with E-state index in [0.717, 1.165) is 5.92 Å². The average molecular weight is 164 g/mol. The molecule has 1 aliphatic heterocycles. The van der Waals surface area contributed by atoms with Crippen LogP contribution in [0.25, 0.3) is 0 Å². The minimum atomic E-state index is 0.550. The van der Waals surface area contributed by atoms with Crippen LogP contribution >= 0.6 is 0 Å². The van der Waals surface area contributed by atoms with Crippen molar-refractivity contribution >= 4 is 5.71 Å². The lowest BCUT2D eigenvalue weighted by molar-refractivity contribution is 0.464. The Morgan fingerprint density at radius 3 is 3.25 bits per heavy atom. The van der Waals surface area contributed by atoms with Crippen LogP contribution in [-0.4, -0.2) is 18.8 Å². The Kier molecular flexibility index (Phi) is 2.26. The first kappa shape index (κ1) is 7.99. The van der Waals surface area contributed by atoms with Crippen LogP contribution in [0.4, 0.5) is 0 Å². The molecule has 2 atom stereocenters. The van der Waals surface area contributed by atoms with E-state index in [9.17, 15) is 0 Å². The number of nitrogens with one attached hydrogen (secondary N) is 1. The van der Waals surface area contributed by atoms with Gasteiger partial charge in [-0.1, -0.05) is 12.5 Å². The molecule has 1 N–H and O–H groups in total. The van der Waals surface area contributed by atoms with Crippen molar-refractivity contribution in [2.45, 2.75) is 31.7 Å². The number of aliphatic imine (C=N–C) groups is 1. The summed E-state index contributed by atoms with van der Waals surface area (Å²) >= 11 is 0. The topological polar surface area (TPSA) is 24.4 Å². The highest BCUT2D eigenvalue weighted by atomic mass is 14.9. The summed E-state index contributed by atoms with van der Waals surface area (Å²) in [6.45, 7) is 0. The third kappa shape index (κ3) is 1.31. The first-order chi connectivity index (χ1) is 5.92. The van der Waals surface area contributed by atoms with Gasteiger partial charge in [0.1, 0.15) is 0 Å². The number of fused-ring (bicyclic) bond motifs is 1. The highest BCUT2D eigenvalue weighted by molar-refractivity contribution is 5.93. The number of hydrogen-bond acceptors (Lipinski definition) is 2. The minimum Gasteiger partial charge on any atom is -0.312 e. The zero-order valence-electron chi connectivity index (χ0n) is 7.59. The lowest BCUT2D eigenvalue weighted by atomic mass is 9.81. The van der Waals surface area contributed by atoms with Crippen molar-refractivity contribution in [3.05, 3.63) is 12.3 Å². The van der Waals surface area contributed by atoms with Gasteiger partial charge in [-0.2, -0.15) is 0 Å². The van der Waals surface area contributed by atoms with E-state index in [1.165, 1.54) is 31.4 Å². The van der Waals surface area contributed by atoms with E-state index in [4.69, 9.17) is 0 Å². The van der Waals surface area contributed by atoms with Gasteiger partial charge in [-0.05, 0) is 26.3 Å². The summed E-state index contributed by atoms with van der Waals surface area (Å²) in [5, 5.41) is 3.34. The third-order valence-corrected chi connectivity index (χ3v) is 2.92. The van der Waals surface area contributed by atoms with Crippen LogP contribution in [0.2, 0.25) is 0 Å². The Labute approximate surface area is 73.8 Å². The van der Waals surface area contributed by atoms with Crippen LogP contribution in [0.3, 0.4) is 0 Å². The average Bonchev–Trinajstić information content (AvgIpc) is 2.17. The Bertz CT molecular complexity index is 218. The SMILES string of the molecule is CN[C@H]1CCCC2CC=CN=C21. The van der Waals surface area contributed by atoms with Crippen molar-refractivity contribution in [3.63, 3.8) is 0 Å². The van der Waals surface area contributed by atoms with E-state index < -0.39 is 0 Å². The molecule has 1 unspecified atom stereocenters.